The molecular formula is C10H23O2PS. The van der Waals surface area contributed by atoms with Crippen LogP contribution in [0, 0.1) is 0 Å². The Morgan fingerprint density at radius 1 is 0.857 bits per heavy atom. The van der Waals surface area contributed by atoms with E-state index in [0.717, 1.165) is 26.1 Å². The van der Waals surface area contributed by atoms with Crippen LogP contribution in [-0.2, 0) is 9.05 Å². The van der Waals surface area contributed by atoms with Crippen molar-refractivity contribution in [2.75, 3.05) is 13.2 Å². The summed E-state index contributed by atoms with van der Waals surface area (Å²) in [4.78, 5) is 0. The van der Waals surface area contributed by atoms with Crippen LogP contribution in [0.15, 0.2) is 0 Å². The number of thiol groups is 1. The predicted octanol–water partition coefficient (Wildman–Crippen LogP) is 4.56. The third-order valence-electron chi connectivity index (χ3n) is 1.90. The number of hydrogen-bond acceptors (Lipinski definition) is 3. The quantitative estimate of drug-likeness (QED) is 0.342. The van der Waals surface area contributed by atoms with Crippen molar-refractivity contribution in [3.63, 3.8) is 0 Å². The van der Waals surface area contributed by atoms with E-state index in [-0.39, 0.29) is 0 Å². The number of rotatable bonds is 10. The summed E-state index contributed by atoms with van der Waals surface area (Å²) in [6, 6.07) is 0. The van der Waals surface area contributed by atoms with Gasteiger partial charge in [0.2, 0.25) is 7.58 Å². The first kappa shape index (κ1) is 14.7. The van der Waals surface area contributed by atoms with Gasteiger partial charge in [-0.1, -0.05) is 51.8 Å². The number of unbranched alkanes of at least 4 members (excludes halogenated alkanes) is 4. The molecule has 0 aromatic rings. The van der Waals surface area contributed by atoms with Crippen molar-refractivity contribution in [3.05, 3.63) is 0 Å². The summed E-state index contributed by atoms with van der Waals surface area (Å²) in [6.45, 7) is 5.95. The minimum Gasteiger partial charge on any atom is -0.326 e. The molecule has 0 aliphatic heterocycles. The molecule has 0 atom stereocenters. The molecule has 14 heavy (non-hydrogen) atoms. The van der Waals surface area contributed by atoms with Gasteiger partial charge in [-0.15, -0.1) is 0 Å². The Morgan fingerprint density at radius 3 is 1.64 bits per heavy atom. The second-order valence-electron chi connectivity index (χ2n) is 3.32. The van der Waals surface area contributed by atoms with E-state index in [9.17, 15) is 0 Å². The van der Waals surface area contributed by atoms with E-state index >= 15 is 0 Å². The van der Waals surface area contributed by atoms with Crippen molar-refractivity contribution < 1.29 is 9.05 Å². The van der Waals surface area contributed by atoms with Gasteiger partial charge in [0, 0.05) is 0 Å². The molecule has 0 radical (unpaired) electrons. The summed E-state index contributed by atoms with van der Waals surface area (Å²) in [5.74, 6) is 0. The molecule has 0 unspecified atom stereocenters. The molecule has 0 amide bonds. The largest absolute Gasteiger partial charge is 0.326 e. The second-order valence-corrected chi connectivity index (χ2v) is 5.29. The standard InChI is InChI=1S/C10H23O2PS/c1-3-5-7-9-11-13(14)12-10-8-6-4-2/h14H,3-10H2,1-2H3. The minimum atomic E-state index is -0.919. The van der Waals surface area contributed by atoms with Crippen molar-refractivity contribution in [1.29, 1.82) is 0 Å². The zero-order valence-corrected chi connectivity index (χ0v) is 11.2. The van der Waals surface area contributed by atoms with Gasteiger partial charge in [0.1, 0.15) is 0 Å². The smallest absolute Gasteiger partial charge is 0.234 e. The van der Waals surface area contributed by atoms with Crippen LogP contribution >= 0.6 is 19.8 Å². The van der Waals surface area contributed by atoms with Gasteiger partial charge in [-0.2, -0.15) is 0 Å². The van der Waals surface area contributed by atoms with Crippen LogP contribution < -0.4 is 0 Å². The normalized spacial score (nSPS) is 11.1. The summed E-state index contributed by atoms with van der Waals surface area (Å²) >= 11 is 4.25. The van der Waals surface area contributed by atoms with E-state index in [1.165, 1.54) is 25.7 Å². The van der Waals surface area contributed by atoms with E-state index in [2.05, 4.69) is 26.1 Å². The van der Waals surface area contributed by atoms with Gasteiger partial charge in [0.25, 0.3) is 0 Å². The summed E-state index contributed by atoms with van der Waals surface area (Å²) in [7, 11) is -0.919. The van der Waals surface area contributed by atoms with E-state index in [1.54, 1.807) is 0 Å². The van der Waals surface area contributed by atoms with Crippen LogP contribution in [0.1, 0.15) is 52.4 Å². The van der Waals surface area contributed by atoms with Gasteiger partial charge >= 0.3 is 0 Å². The average Bonchev–Trinajstić information content (AvgIpc) is 2.19. The maximum atomic E-state index is 5.43. The van der Waals surface area contributed by atoms with E-state index in [1.807, 2.05) is 0 Å². The topological polar surface area (TPSA) is 18.5 Å². The molecular weight excluding hydrogens is 215 g/mol. The highest BCUT2D eigenvalue weighted by molar-refractivity contribution is 8.41. The average molecular weight is 238 g/mol. The third kappa shape index (κ3) is 10.8. The van der Waals surface area contributed by atoms with Crippen molar-refractivity contribution >= 4 is 19.8 Å². The Kier molecular flexibility index (Phi) is 12.4. The lowest BCUT2D eigenvalue weighted by Gasteiger charge is -2.11. The van der Waals surface area contributed by atoms with Crippen molar-refractivity contribution in [2.24, 2.45) is 0 Å². The lowest BCUT2D eigenvalue weighted by atomic mass is 10.3. The van der Waals surface area contributed by atoms with Crippen LogP contribution in [0.4, 0.5) is 0 Å². The first-order valence-corrected chi connectivity index (χ1v) is 7.89. The Bertz CT molecular complexity index is 102. The van der Waals surface area contributed by atoms with Gasteiger partial charge in [-0.3, -0.25) is 0 Å². The maximum absolute atomic E-state index is 5.43. The highest BCUT2D eigenvalue weighted by Crippen LogP contribution is 2.43. The summed E-state index contributed by atoms with van der Waals surface area (Å²) in [5.41, 5.74) is 0. The molecule has 0 aromatic carbocycles. The van der Waals surface area contributed by atoms with Gasteiger partial charge in [0.05, 0.1) is 13.2 Å². The fraction of sp³-hybridized carbons (Fsp3) is 1.00. The molecule has 0 aliphatic carbocycles. The van der Waals surface area contributed by atoms with Crippen molar-refractivity contribution in [2.45, 2.75) is 52.4 Å². The molecule has 2 nitrogen and oxygen atoms in total. The maximum Gasteiger partial charge on any atom is 0.234 e. The predicted molar refractivity (Wildman–Crippen MR) is 66.9 cm³/mol. The molecule has 0 saturated heterocycles. The first-order chi connectivity index (χ1) is 6.81. The Balaban J connectivity index is 3.07. The fourth-order valence-electron chi connectivity index (χ4n) is 1.03. The van der Waals surface area contributed by atoms with Gasteiger partial charge in [0.15, 0.2) is 0 Å². The van der Waals surface area contributed by atoms with Crippen LogP contribution in [0.3, 0.4) is 0 Å². The minimum absolute atomic E-state index is 0.789. The molecule has 0 rings (SSSR count). The molecule has 0 heterocycles. The van der Waals surface area contributed by atoms with Crippen molar-refractivity contribution in [3.8, 4) is 0 Å². The third-order valence-corrected chi connectivity index (χ3v) is 3.40. The van der Waals surface area contributed by atoms with Crippen LogP contribution in [0.5, 0.6) is 0 Å². The van der Waals surface area contributed by atoms with Gasteiger partial charge < -0.3 is 9.05 Å². The summed E-state index contributed by atoms with van der Waals surface area (Å²) in [5, 5.41) is 0. The zero-order chi connectivity index (χ0) is 10.6. The zero-order valence-electron chi connectivity index (χ0n) is 9.37. The molecule has 0 aliphatic rings. The summed E-state index contributed by atoms with van der Waals surface area (Å²) < 4.78 is 10.9. The van der Waals surface area contributed by atoms with E-state index < -0.39 is 7.58 Å². The molecule has 0 spiro atoms. The first-order valence-electron chi connectivity index (χ1n) is 5.56. The molecule has 86 valence electrons. The summed E-state index contributed by atoms with van der Waals surface area (Å²) in [6.07, 6.45) is 7.15. The molecule has 0 fully saturated rings. The molecule has 0 N–H and O–H groups in total. The Hall–Kier alpha value is 0.700. The molecule has 4 heteroatoms. The number of hydrogen-bond donors (Lipinski definition) is 1. The SMILES string of the molecule is CCCCCOP(S)OCCCCC. The fourth-order valence-corrected chi connectivity index (χ4v) is 2.16. The van der Waals surface area contributed by atoms with E-state index in [4.69, 9.17) is 9.05 Å². The molecule has 0 saturated carbocycles. The molecule has 0 bridgehead atoms. The van der Waals surface area contributed by atoms with Gasteiger partial charge in [-0.05, 0) is 12.8 Å². The lowest BCUT2D eigenvalue weighted by Crippen LogP contribution is -1.92. The second kappa shape index (κ2) is 11.8. The van der Waals surface area contributed by atoms with Crippen LogP contribution in [0.25, 0.3) is 0 Å². The van der Waals surface area contributed by atoms with Gasteiger partial charge in [-0.25, -0.2) is 0 Å². The Labute approximate surface area is 94.8 Å². The lowest BCUT2D eigenvalue weighted by molar-refractivity contribution is 0.253. The van der Waals surface area contributed by atoms with Crippen molar-refractivity contribution in [1.82, 2.24) is 0 Å². The highest BCUT2D eigenvalue weighted by Gasteiger charge is 2.02. The van der Waals surface area contributed by atoms with Crippen LogP contribution in [-0.4, -0.2) is 13.2 Å². The highest BCUT2D eigenvalue weighted by atomic mass is 32.7. The monoisotopic (exact) mass is 238 g/mol. The van der Waals surface area contributed by atoms with Crippen LogP contribution in [0.2, 0.25) is 0 Å². The Morgan fingerprint density at radius 2 is 1.29 bits per heavy atom. The molecule has 0 aromatic heterocycles. The van der Waals surface area contributed by atoms with E-state index in [0.29, 0.717) is 0 Å².